The largest absolute Gasteiger partial charge is 0.435 e. The Balaban J connectivity index is 1.93. The van der Waals surface area contributed by atoms with E-state index < -0.39 is 0 Å². The monoisotopic (exact) mass is 238 g/mol. The zero-order chi connectivity index (χ0) is 12.4. The van der Waals surface area contributed by atoms with Crippen molar-refractivity contribution >= 4 is 5.78 Å². The van der Waals surface area contributed by atoms with Crippen molar-refractivity contribution in [2.24, 2.45) is 0 Å². The van der Waals surface area contributed by atoms with E-state index in [0.717, 1.165) is 24.1 Å². The minimum atomic E-state index is 0.179. The fraction of sp³-hybridized carbons (Fsp3) is 0.214. The fourth-order valence-electron chi connectivity index (χ4n) is 1.97. The maximum Gasteiger partial charge on any atom is 0.197 e. The zero-order valence-corrected chi connectivity index (χ0v) is 9.64. The second-order valence-electron chi connectivity index (χ2n) is 4.08. The van der Waals surface area contributed by atoms with Crippen LogP contribution in [0.3, 0.4) is 0 Å². The molecule has 0 N–H and O–H groups in total. The highest BCUT2D eigenvalue weighted by Crippen LogP contribution is 2.19. The summed E-state index contributed by atoms with van der Waals surface area (Å²) in [6, 6.07) is 3.58. The molecule has 0 aliphatic heterocycles. The number of carbonyl (C=O) groups excluding carboxylic acids is 1. The first-order valence-electron chi connectivity index (χ1n) is 5.76. The normalized spacial score (nSPS) is 13.7. The Morgan fingerprint density at radius 1 is 1.22 bits per heavy atom. The van der Waals surface area contributed by atoms with Crippen LogP contribution in [0.25, 0.3) is 0 Å². The van der Waals surface area contributed by atoms with Gasteiger partial charge in [-0.15, -0.1) is 0 Å². The Morgan fingerprint density at radius 2 is 2.17 bits per heavy atom. The van der Waals surface area contributed by atoms with Crippen LogP contribution in [0, 0.1) is 11.8 Å². The topological polar surface area (TPSA) is 56.0 Å². The van der Waals surface area contributed by atoms with Crippen molar-refractivity contribution in [1.82, 2.24) is 9.97 Å². The maximum atomic E-state index is 11.6. The molecular formula is C14H10N2O2. The van der Waals surface area contributed by atoms with Crippen LogP contribution in [-0.4, -0.2) is 15.8 Å². The Morgan fingerprint density at radius 3 is 3.00 bits per heavy atom. The van der Waals surface area contributed by atoms with Crippen LogP contribution in [0.5, 0.6) is 0 Å². The van der Waals surface area contributed by atoms with E-state index in [1.54, 1.807) is 12.3 Å². The molecule has 0 atom stereocenters. The number of aryl methyl sites for hydroxylation is 1. The van der Waals surface area contributed by atoms with E-state index >= 15 is 0 Å². The molecular weight excluding hydrogens is 228 g/mol. The number of hydrogen-bond acceptors (Lipinski definition) is 4. The van der Waals surface area contributed by atoms with E-state index in [1.165, 1.54) is 6.39 Å². The molecule has 0 aromatic carbocycles. The van der Waals surface area contributed by atoms with Crippen LogP contribution < -0.4 is 0 Å². The van der Waals surface area contributed by atoms with E-state index in [-0.39, 0.29) is 5.78 Å². The Labute approximate surface area is 104 Å². The minimum Gasteiger partial charge on any atom is -0.435 e. The average molecular weight is 238 g/mol. The molecule has 0 bridgehead atoms. The molecule has 0 saturated heterocycles. The Hall–Kier alpha value is -2.41. The molecule has 3 rings (SSSR count). The molecule has 0 saturated carbocycles. The summed E-state index contributed by atoms with van der Waals surface area (Å²) in [7, 11) is 0. The van der Waals surface area contributed by atoms with Crippen molar-refractivity contribution in [1.29, 1.82) is 0 Å². The van der Waals surface area contributed by atoms with Gasteiger partial charge in [-0.2, -0.15) is 0 Å². The number of oxazole rings is 1. The molecule has 88 valence electrons. The summed E-state index contributed by atoms with van der Waals surface area (Å²) in [5.41, 5.74) is 2.25. The van der Waals surface area contributed by atoms with Crippen molar-refractivity contribution in [3.8, 4) is 11.8 Å². The molecule has 18 heavy (non-hydrogen) atoms. The number of rotatable bonds is 0. The van der Waals surface area contributed by atoms with Crippen LogP contribution in [0.4, 0.5) is 0 Å². The SMILES string of the molecule is O=C1CCCc2nc(C#Cc3cnco3)ccc21. The van der Waals surface area contributed by atoms with Crippen LogP contribution in [0.15, 0.2) is 29.1 Å². The molecule has 0 amide bonds. The van der Waals surface area contributed by atoms with E-state index in [0.29, 0.717) is 17.9 Å². The third-order valence-electron chi connectivity index (χ3n) is 2.84. The number of pyridine rings is 1. The van der Waals surface area contributed by atoms with Crippen molar-refractivity contribution in [3.05, 3.63) is 47.4 Å². The predicted octanol–water partition coefficient (Wildman–Crippen LogP) is 1.99. The quantitative estimate of drug-likeness (QED) is 0.658. The Kier molecular flexibility index (Phi) is 2.66. The number of fused-ring (bicyclic) bond motifs is 1. The van der Waals surface area contributed by atoms with Gasteiger partial charge in [0.15, 0.2) is 17.9 Å². The summed E-state index contributed by atoms with van der Waals surface area (Å²) in [5, 5.41) is 0. The molecule has 4 heteroatoms. The van der Waals surface area contributed by atoms with Crippen molar-refractivity contribution in [3.63, 3.8) is 0 Å². The lowest BCUT2D eigenvalue weighted by Crippen LogP contribution is -2.12. The molecule has 4 nitrogen and oxygen atoms in total. The van der Waals surface area contributed by atoms with E-state index in [2.05, 4.69) is 21.8 Å². The lowest BCUT2D eigenvalue weighted by atomic mass is 9.94. The van der Waals surface area contributed by atoms with Crippen molar-refractivity contribution in [2.45, 2.75) is 19.3 Å². The standard InChI is InChI=1S/C14H10N2O2/c17-14-3-1-2-13-12(14)7-5-10(16-13)4-6-11-8-15-9-18-11/h5,7-9H,1-3H2. The number of Topliss-reactive ketones (excluding diaryl/α,β-unsaturated/α-hetero) is 1. The maximum absolute atomic E-state index is 11.6. The average Bonchev–Trinajstić information content (AvgIpc) is 2.90. The van der Waals surface area contributed by atoms with Crippen LogP contribution >= 0.6 is 0 Å². The number of ketones is 1. The van der Waals surface area contributed by atoms with Gasteiger partial charge in [-0.1, -0.05) is 0 Å². The molecule has 2 aromatic rings. The fourth-order valence-corrected chi connectivity index (χ4v) is 1.97. The first kappa shape index (κ1) is 10.7. The van der Waals surface area contributed by atoms with Crippen LogP contribution in [0.2, 0.25) is 0 Å². The lowest BCUT2D eigenvalue weighted by molar-refractivity contribution is 0.0971. The second kappa shape index (κ2) is 4.46. The summed E-state index contributed by atoms with van der Waals surface area (Å²) >= 11 is 0. The highest BCUT2D eigenvalue weighted by molar-refractivity contribution is 5.98. The summed E-state index contributed by atoms with van der Waals surface area (Å²) in [6.07, 6.45) is 5.23. The van der Waals surface area contributed by atoms with Gasteiger partial charge in [0.25, 0.3) is 0 Å². The van der Waals surface area contributed by atoms with Gasteiger partial charge in [0.2, 0.25) is 0 Å². The number of aromatic nitrogens is 2. The Bertz CT molecular complexity index is 648. The zero-order valence-electron chi connectivity index (χ0n) is 9.64. The van der Waals surface area contributed by atoms with Gasteiger partial charge >= 0.3 is 0 Å². The van der Waals surface area contributed by atoms with Gasteiger partial charge in [0.05, 0.1) is 11.9 Å². The second-order valence-corrected chi connectivity index (χ2v) is 4.08. The van der Waals surface area contributed by atoms with E-state index in [1.807, 2.05) is 6.07 Å². The van der Waals surface area contributed by atoms with Crippen molar-refractivity contribution < 1.29 is 9.21 Å². The molecule has 2 heterocycles. The van der Waals surface area contributed by atoms with E-state index in [9.17, 15) is 4.79 Å². The molecule has 0 radical (unpaired) electrons. The smallest absolute Gasteiger partial charge is 0.197 e. The van der Waals surface area contributed by atoms with Gasteiger partial charge in [0.1, 0.15) is 5.69 Å². The summed E-state index contributed by atoms with van der Waals surface area (Å²) in [6.45, 7) is 0. The van der Waals surface area contributed by atoms with Gasteiger partial charge < -0.3 is 4.42 Å². The highest BCUT2D eigenvalue weighted by atomic mass is 16.3. The number of carbonyl (C=O) groups is 1. The minimum absolute atomic E-state index is 0.179. The van der Waals surface area contributed by atoms with Gasteiger partial charge in [-0.25, -0.2) is 9.97 Å². The molecule has 0 unspecified atom stereocenters. The molecule has 1 aliphatic carbocycles. The highest BCUT2D eigenvalue weighted by Gasteiger charge is 2.17. The lowest BCUT2D eigenvalue weighted by Gasteiger charge is -2.12. The van der Waals surface area contributed by atoms with Crippen molar-refractivity contribution in [2.75, 3.05) is 0 Å². The van der Waals surface area contributed by atoms with Gasteiger partial charge in [0, 0.05) is 12.0 Å². The summed E-state index contributed by atoms with van der Waals surface area (Å²) < 4.78 is 5.02. The summed E-state index contributed by atoms with van der Waals surface area (Å²) in [4.78, 5) is 19.8. The third kappa shape index (κ3) is 2.03. The molecule has 0 fully saturated rings. The summed E-state index contributed by atoms with van der Waals surface area (Å²) in [5.74, 6) is 6.42. The van der Waals surface area contributed by atoms with Crippen LogP contribution in [-0.2, 0) is 6.42 Å². The number of hydrogen-bond donors (Lipinski definition) is 0. The first-order valence-corrected chi connectivity index (χ1v) is 5.76. The van der Waals surface area contributed by atoms with Gasteiger partial charge in [-0.05, 0) is 36.8 Å². The molecule has 2 aromatic heterocycles. The number of nitrogens with zero attached hydrogens (tertiary/aromatic N) is 2. The third-order valence-corrected chi connectivity index (χ3v) is 2.84. The van der Waals surface area contributed by atoms with Crippen LogP contribution in [0.1, 0.15) is 40.3 Å². The molecule has 1 aliphatic rings. The van der Waals surface area contributed by atoms with E-state index in [4.69, 9.17) is 4.42 Å². The first-order chi connectivity index (χ1) is 8.83. The molecule has 0 spiro atoms. The predicted molar refractivity (Wildman–Crippen MR) is 64.0 cm³/mol. The van der Waals surface area contributed by atoms with Gasteiger partial charge in [-0.3, -0.25) is 4.79 Å².